The zero-order chi connectivity index (χ0) is 19.2. The van der Waals surface area contributed by atoms with Crippen molar-refractivity contribution in [2.75, 3.05) is 18.4 Å². The van der Waals surface area contributed by atoms with E-state index in [1.54, 1.807) is 11.8 Å². The van der Waals surface area contributed by atoms with Crippen LogP contribution >= 0.6 is 0 Å². The average molecular weight is 366 g/mol. The first-order valence-corrected chi connectivity index (χ1v) is 9.41. The second-order valence-electron chi connectivity index (χ2n) is 7.03. The molecule has 1 heterocycles. The van der Waals surface area contributed by atoms with Gasteiger partial charge in [0.1, 0.15) is 5.75 Å². The van der Waals surface area contributed by atoms with Crippen LogP contribution in [0.5, 0.6) is 5.75 Å². The highest BCUT2D eigenvalue weighted by Gasteiger charge is 2.30. The van der Waals surface area contributed by atoms with Crippen LogP contribution in [0.1, 0.15) is 25.3 Å². The molecule has 142 valence electrons. The number of hydrogen-bond donors (Lipinski definition) is 1. The van der Waals surface area contributed by atoms with Gasteiger partial charge in [-0.25, -0.2) is 0 Å². The van der Waals surface area contributed by atoms with Crippen LogP contribution in [-0.2, 0) is 9.59 Å². The van der Waals surface area contributed by atoms with Gasteiger partial charge in [-0.05, 0) is 51.0 Å². The molecule has 1 aliphatic heterocycles. The molecule has 2 aromatic carbocycles. The molecular formula is C22H26N2O3. The number of nitrogens with zero attached hydrogens (tertiary/aromatic N) is 1. The summed E-state index contributed by atoms with van der Waals surface area (Å²) in [6.45, 7) is 4.94. The number of hydrogen-bond acceptors (Lipinski definition) is 3. The lowest BCUT2D eigenvalue weighted by molar-refractivity contribution is -0.140. The molecule has 1 atom stereocenters. The highest BCUT2D eigenvalue weighted by atomic mass is 16.5. The van der Waals surface area contributed by atoms with Gasteiger partial charge in [0.25, 0.3) is 5.91 Å². The van der Waals surface area contributed by atoms with Crippen molar-refractivity contribution in [2.45, 2.75) is 32.8 Å². The zero-order valence-corrected chi connectivity index (χ0v) is 15.9. The van der Waals surface area contributed by atoms with Gasteiger partial charge in [-0.3, -0.25) is 9.59 Å². The van der Waals surface area contributed by atoms with Crippen molar-refractivity contribution in [3.63, 3.8) is 0 Å². The largest absolute Gasteiger partial charge is 0.481 e. The van der Waals surface area contributed by atoms with Crippen molar-refractivity contribution in [1.82, 2.24) is 4.90 Å². The normalized spacial score (nSPS) is 15.9. The number of carbonyl (C=O) groups is 2. The number of nitrogens with one attached hydrogen (secondary N) is 1. The molecule has 2 aromatic rings. The molecule has 2 amide bonds. The third-order valence-electron chi connectivity index (χ3n) is 4.90. The van der Waals surface area contributed by atoms with Gasteiger partial charge in [-0.15, -0.1) is 0 Å². The number of carbonyl (C=O) groups excluding carboxylic acids is 2. The highest BCUT2D eigenvalue weighted by molar-refractivity contribution is 5.92. The summed E-state index contributed by atoms with van der Waals surface area (Å²) in [5.41, 5.74) is 1.96. The lowest BCUT2D eigenvalue weighted by atomic mass is 9.95. The molecule has 0 spiro atoms. The van der Waals surface area contributed by atoms with Crippen molar-refractivity contribution in [3.8, 4) is 5.75 Å². The third kappa shape index (κ3) is 5.09. The smallest absolute Gasteiger partial charge is 0.263 e. The van der Waals surface area contributed by atoms with E-state index in [1.807, 2.05) is 61.5 Å². The van der Waals surface area contributed by atoms with Crippen LogP contribution in [0, 0.1) is 12.8 Å². The minimum absolute atomic E-state index is 0.0252. The molecule has 1 saturated heterocycles. The summed E-state index contributed by atoms with van der Waals surface area (Å²) in [6.07, 6.45) is 0.797. The Labute approximate surface area is 160 Å². The molecule has 0 saturated carbocycles. The number of anilines is 1. The Bertz CT molecular complexity index is 766. The molecule has 0 radical (unpaired) electrons. The fourth-order valence-corrected chi connectivity index (χ4v) is 3.26. The molecule has 5 heteroatoms. The molecule has 0 bridgehead atoms. The lowest BCUT2D eigenvalue weighted by Gasteiger charge is -2.33. The van der Waals surface area contributed by atoms with Gasteiger partial charge in [-0.2, -0.15) is 0 Å². The minimum Gasteiger partial charge on any atom is -0.481 e. The Morgan fingerprint density at radius 3 is 2.30 bits per heavy atom. The highest BCUT2D eigenvalue weighted by Crippen LogP contribution is 2.21. The van der Waals surface area contributed by atoms with Gasteiger partial charge in [-0.1, -0.05) is 35.9 Å². The van der Waals surface area contributed by atoms with E-state index in [4.69, 9.17) is 4.74 Å². The summed E-state index contributed by atoms with van der Waals surface area (Å²) in [7, 11) is 0. The van der Waals surface area contributed by atoms with E-state index in [2.05, 4.69) is 5.32 Å². The summed E-state index contributed by atoms with van der Waals surface area (Å²) in [6, 6.07) is 17.1. The van der Waals surface area contributed by atoms with Crippen molar-refractivity contribution >= 4 is 17.5 Å². The SMILES string of the molecule is Cc1ccc(O[C@H](C)C(=O)N2CCC(C(=O)Nc3ccccc3)CC2)cc1. The molecule has 0 unspecified atom stereocenters. The molecule has 0 aromatic heterocycles. The fraction of sp³-hybridized carbons (Fsp3) is 0.364. The standard InChI is InChI=1S/C22H26N2O3/c1-16-8-10-20(11-9-16)27-17(2)22(26)24-14-12-18(13-15-24)21(25)23-19-6-4-3-5-7-19/h3-11,17-18H,12-15H2,1-2H3,(H,23,25)/t17-/m1/s1. The number of aryl methyl sites for hydroxylation is 1. The zero-order valence-electron chi connectivity index (χ0n) is 15.9. The maximum atomic E-state index is 12.6. The molecule has 1 N–H and O–H groups in total. The number of rotatable bonds is 5. The summed E-state index contributed by atoms with van der Waals surface area (Å²) < 4.78 is 5.77. The molecular weight excluding hydrogens is 340 g/mol. The third-order valence-corrected chi connectivity index (χ3v) is 4.90. The van der Waals surface area contributed by atoms with Crippen molar-refractivity contribution < 1.29 is 14.3 Å². The van der Waals surface area contributed by atoms with E-state index in [1.165, 1.54) is 0 Å². The Kier molecular flexibility index (Phi) is 6.12. The van der Waals surface area contributed by atoms with Crippen molar-refractivity contribution in [1.29, 1.82) is 0 Å². The summed E-state index contributed by atoms with van der Waals surface area (Å²) in [4.78, 5) is 26.8. The first-order valence-electron chi connectivity index (χ1n) is 9.41. The Morgan fingerprint density at radius 1 is 1.04 bits per heavy atom. The van der Waals surface area contributed by atoms with Crippen molar-refractivity contribution in [2.24, 2.45) is 5.92 Å². The molecule has 27 heavy (non-hydrogen) atoms. The molecule has 1 aliphatic rings. The van der Waals surface area contributed by atoms with Crippen LogP contribution in [0.2, 0.25) is 0 Å². The predicted octanol–water partition coefficient (Wildman–Crippen LogP) is 3.64. The topological polar surface area (TPSA) is 58.6 Å². The van der Waals surface area contributed by atoms with E-state index in [-0.39, 0.29) is 17.7 Å². The second-order valence-corrected chi connectivity index (χ2v) is 7.03. The number of ether oxygens (including phenoxy) is 1. The Hall–Kier alpha value is -2.82. The maximum absolute atomic E-state index is 12.6. The molecule has 5 nitrogen and oxygen atoms in total. The quantitative estimate of drug-likeness (QED) is 0.879. The van der Waals surface area contributed by atoms with Crippen LogP contribution in [-0.4, -0.2) is 35.9 Å². The number of piperidine rings is 1. The van der Waals surface area contributed by atoms with Crippen LogP contribution in [0.25, 0.3) is 0 Å². The fourth-order valence-electron chi connectivity index (χ4n) is 3.26. The van der Waals surface area contributed by atoms with Gasteiger partial charge in [0.05, 0.1) is 0 Å². The van der Waals surface area contributed by atoms with Gasteiger partial charge < -0.3 is 15.0 Å². The number of para-hydroxylation sites is 1. The predicted molar refractivity (Wildman–Crippen MR) is 106 cm³/mol. The maximum Gasteiger partial charge on any atom is 0.263 e. The summed E-state index contributed by atoms with van der Waals surface area (Å²) in [5.74, 6) is 0.621. The number of likely N-dealkylation sites (tertiary alicyclic amines) is 1. The van der Waals surface area contributed by atoms with Crippen LogP contribution in [0.3, 0.4) is 0 Å². The van der Waals surface area contributed by atoms with Crippen LogP contribution in [0.15, 0.2) is 54.6 Å². The molecule has 1 fully saturated rings. The van der Waals surface area contributed by atoms with E-state index in [0.29, 0.717) is 31.7 Å². The van der Waals surface area contributed by atoms with E-state index >= 15 is 0 Å². The Morgan fingerprint density at radius 2 is 1.67 bits per heavy atom. The van der Waals surface area contributed by atoms with Gasteiger partial charge in [0, 0.05) is 24.7 Å². The average Bonchev–Trinajstić information content (AvgIpc) is 2.70. The van der Waals surface area contributed by atoms with Crippen molar-refractivity contribution in [3.05, 3.63) is 60.2 Å². The molecule has 0 aliphatic carbocycles. The first kappa shape index (κ1) is 19.0. The molecule has 3 rings (SSSR count). The second kappa shape index (κ2) is 8.71. The monoisotopic (exact) mass is 366 g/mol. The summed E-state index contributed by atoms with van der Waals surface area (Å²) >= 11 is 0. The number of amides is 2. The Balaban J connectivity index is 1.48. The van der Waals surface area contributed by atoms with Crippen LogP contribution in [0.4, 0.5) is 5.69 Å². The number of benzene rings is 2. The van der Waals surface area contributed by atoms with E-state index in [0.717, 1.165) is 11.3 Å². The van der Waals surface area contributed by atoms with Gasteiger partial charge in [0.15, 0.2) is 6.10 Å². The van der Waals surface area contributed by atoms with E-state index < -0.39 is 6.10 Å². The van der Waals surface area contributed by atoms with Gasteiger partial charge >= 0.3 is 0 Å². The first-order chi connectivity index (χ1) is 13.0. The van der Waals surface area contributed by atoms with E-state index in [9.17, 15) is 9.59 Å². The lowest BCUT2D eigenvalue weighted by Crippen LogP contribution is -2.46. The van der Waals surface area contributed by atoms with Crippen LogP contribution < -0.4 is 10.1 Å². The minimum atomic E-state index is -0.539. The van der Waals surface area contributed by atoms with Gasteiger partial charge in [0.2, 0.25) is 5.91 Å². The summed E-state index contributed by atoms with van der Waals surface area (Å²) in [5, 5.41) is 2.95.